The Bertz CT molecular complexity index is 1150. The van der Waals surface area contributed by atoms with Crippen molar-refractivity contribution in [3.05, 3.63) is 91.4 Å². The van der Waals surface area contributed by atoms with E-state index in [4.69, 9.17) is 46.4 Å². The van der Waals surface area contributed by atoms with Crippen molar-refractivity contribution in [1.29, 1.82) is 0 Å². The van der Waals surface area contributed by atoms with Crippen LogP contribution in [0.15, 0.2) is 54.6 Å². The molecule has 0 aromatic heterocycles. The molecule has 5 nitrogen and oxygen atoms in total. The van der Waals surface area contributed by atoms with Gasteiger partial charge in [0.1, 0.15) is 11.5 Å². The van der Waals surface area contributed by atoms with Gasteiger partial charge in [-0.3, -0.25) is 4.55 Å². The van der Waals surface area contributed by atoms with Gasteiger partial charge in [0.25, 0.3) is 10.1 Å². The minimum absolute atomic E-state index is 0.00464. The van der Waals surface area contributed by atoms with E-state index in [1.165, 1.54) is 36.4 Å². The number of halogens is 4. The highest BCUT2D eigenvalue weighted by Gasteiger charge is 2.53. The van der Waals surface area contributed by atoms with Gasteiger partial charge in [0.05, 0.1) is 20.1 Å². The number of phenols is 2. The third kappa shape index (κ3) is 3.54. The Hall–Kier alpha value is -1.67. The second-order valence-corrected chi connectivity index (χ2v) is 9.19. The molecular formula is C19H12Cl4O5S. The maximum Gasteiger partial charge on any atom is 0.283 e. The summed E-state index contributed by atoms with van der Waals surface area (Å²) in [5.74, 6) is -0.922. The summed E-state index contributed by atoms with van der Waals surface area (Å²) < 4.78 is 34.0. The van der Waals surface area contributed by atoms with Crippen molar-refractivity contribution < 1.29 is 23.2 Å². The lowest BCUT2D eigenvalue weighted by molar-refractivity contribution is 0.434. The summed E-state index contributed by atoms with van der Waals surface area (Å²) in [7, 11) is -5.16. The molecule has 152 valence electrons. The van der Waals surface area contributed by atoms with Gasteiger partial charge in [0, 0.05) is 16.7 Å². The highest BCUT2D eigenvalue weighted by Crippen LogP contribution is 2.53. The molecule has 0 radical (unpaired) electrons. The summed E-state index contributed by atoms with van der Waals surface area (Å²) >= 11 is 24.9. The van der Waals surface area contributed by atoms with E-state index < -0.39 is 26.2 Å². The Morgan fingerprint density at radius 2 is 1.21 bits per heavy atom. The molecule has 0 spiro atoms. The van der Waals surface area contributed by atoms with Crippen LogP contribution in [0.2, 0.25) is 20.1 Å². The molecule has 10 heteroatoms. The SMILES string of the molecule is O=S(=O)(O)C(c1cc(O)ccc1O)(c1cccc(Cl)c1Cl)c1cccc(Cl)c1Cl. The average Bonchev–Trinajstić information content (AvgIpc) is 2.64. The molecule has 0 aliphatic carbocycles. The second-order valence-electron chi connectivity index (χ2n) is 6.06. The lowest BCUT2D eigenvalue weighted by Gasteiger charge is -2.34. The fraction of sp³-hybridized carbons (Fsp3) is 0.0526. The van der Waals surface area contributed by atoms with E-state index >= 15 is 0 Å². The summed E-state index contributed by atoms with van der Waals surface area (Å²) in [6, 6.07) is 11.5. The monoisotopic (exact) mass is 492 g/mol. The van der Waals surface area contributed by atoms with E-state index in [0.29, 0.717) is 0 Å². The average molecular weight is 494 g/mol. The van der Waals surface area contributed by atoms with Crippen molar-refractivity contribution >= 4 is 56.5 Å². The molecule has 3 N–H and O–H groups in total. The molecule has 0 heterocycles. The summed E-state index contributed by atoms with van der Waals surface area (Å²) in [6.07, 6.45) is 0. The minimum atomic E-state index is -5.16. The molecule has 0 saturated carbocycles. The summed E-state index contributed by atoms with van der Waals surface area (Å²) in [6.45, 7) is 0. The summed E-state index contributed by atoms with van der Waals surface area (Å²) in [5.41, 5.74) is -0.785. The normalized spacial score (nSPS) is 12.2. The van der Waals surface area contributed by atoms with Crippen LogP contribution in [-0.2, 0) is 14.9 Å². The van der Waals surface area contributed by atoms with Crippen LogP contribution in [0, 0.1) is 0 Å². The first-order valence-electron chi connectivity index (χ1n) is 7.90. The minimum Gasteiger partial charge on any atom is -0.508 e. The molecule has 0 aliphatic rings. The Balaban J connectivity index is 2.68. The zero-order valence-electron chi connectivity index (χ0n) is 14.3. The quantitative estimate of drug-likeness (QED) is 0.239. The zero-order valence-corrected chi connectivity index (χ0v) is 18.1. The van der Waals surface area contributed by atoms with Crippen LogP contribution in [0.3, 0.4) is 0 Å². The number of phenolic OH excluding ortho intramolecular Hbond substituents is 2. The molecule has 0 bridgehead atoms. The predicted molar refractivity (Wildman–Crippen MR) is 114 cm³/mol. The highest BCUT2D eigenvalue weighted by molar-refractivity contribution is 7.87. The van der Waals surface area contributed by atoms with Crippen molar-refractivity contribution in [3.8, 4) is 11.5 Å². The van der Waals surface area contributed by atoms with Gasteiger partial charge in [-0.1, -0.05) is 70.7 Å². The molecule has 3 aromatic carbocycles. The molecule has 0 aliphatic heterocycles. The summed E-state index contributed by atoms with van der Waals surface area (Å²) in [4.78, 5) is 0. The lowest BCUT2D eigenvalue weighted by atomic mass is 9.83. The van der Waals surface area contributed by atoms with Gasteiger partial charge in [0.15, 0.2) is 4.75 Å². The zero-order chi connectivity index (χ0) is 21.6. The molecule has 0 saturated heterocycles. The van der Waals surface area contributed by atoms with Crippen molar-refractivity contribution in [2.45, 2.75) is 4.75 Å². The standard InChI is InChI=1S/C19H12Cl4O5S/c20-14-5-1-3-11(17(14)22)19(29(26,27)28,12-4-2-6-15(21)18(12)23)13-9-10(24)7-8-16(13)25/h1-9,24-25H,(H,26,27,28). The first kappa shape index (κ1) is 22.0. The van der Waals surface area contributed by atoms with Crippen LogP contribution >= 0.6 is 46.4 Å². The van der Waals surface area contributed by atoms with E-state index in [2.05, 4.69) is 0 Å². The van der Waals surface area contributed by atoms with Crippen molar-refractivity contribution in [2.24, 2.45) is 0 Å². The Labute approximate surface area is 186 Å². The fourth-order valence-electron chi connectivity index (χ4n) is 3.21. The van der Waals surface area contributed by atoms with Crippen LogP contribution in [0.25, 0.3) is 0 Å². The number of benzene rings is 3. The molecule has 0 unspecified atom stereocenters. The molecule has 0 amide bonds. The molecule has 0 fully saturated rings. The number of hydrogen-bond acceptors (Lipinski definition) is 4. The van der Waals surface area contributed by atoms with Crippen LogP contribution in [0.1, 0.15) is 16.7 Å². The van der Waals surface area contributed by atoms with E-state index in [0.717, 1.165) is 18.2 Å². The third-order valence-corrected chi connectivity index (χ3v) is 7.48. The lowest BCUT2D eigenvalue weighted by Crippen LogP contribution is -2.39. The van der Waals surface area contributed by atoms with Crippen molar-refractivity contribution in [2.75, 3.05) is 0 Å². The third-order valence-electron chi connectivity index (χ3n) is 4.41. The smallest absolute Gasteiger partial charge is 0.283 e. The Morgan fingerprint density at radius 3 is 1.66 bits per heavy atom. The maximum atomic E-state index is 13.0. The van der Waals surface area contributed by atoms with E-state index in [9.17, 15) is 23.2 Å². The maximum absolute atomic E-state index is 13.0. The molecule has 0 atom stereocenters. The number of rotatable bonds is 4. The predicted octanol–water partition coefficient (Wildman–Crippen LogP) is 5.89. The van der Waals surface area contributed by atoms with E-state index in [1.54, 1.807) is 0 Å². The van der Waals surface area contributed by atoms with Gasteiger partial charge in [-0.2, -0.15) is 8.42 Å². The van der Waals surface area contributed by atoms with Crippen molar-refractivity contribution in [1.82, 2.24) is 0 Å². The number of hydrogen-bond donors (Lipinski definition) is 3. The Morgan fingerprint density at radius 1 is 0.724 bits per heavy atom. The fourth-order valence-corrected chi connectivity index (χ4v) is 5.54. The van der Waals surface area contributed by atoms with Crippen LogP contribution in [0.4, 0.5) is 0 Å². The second kappa shape index (κ2) is 7.87. The molecule has 3 rings (SSSR count). The first-order chi connectivity index (χ1) is 13.5. The van der Waals surface area contributed by atoms with Crippen LogP contribution in [-0.4, -0.2) is 23.2 Å². The van der Waals surface area contributed by atoms with E-state index in [1.807, 2.05) is 0 Å². The first-order valence-corrected chi connectivity index (χ1v) is 10.9. The van der Waals surface area contributed by atoms with Crippen molar-refractivity contribution in [3.63, 3.8) is 0 Å². The molecular weight excluding hydrogens is 482 g/mol. The summed E-state index contributed by atoms with van der Waals surface area (Å²) in [5, 5.41) is 20.1. The van der Waals surface area contributed by atoms with Gasteiger partial charge in [0.2, 0.25) is 0 Å². The largest absolute Gasteiger partial charge is 0.508 e. The Kier molecular flexibility index (Phi) is 5.98. The highest BCUT2D eigenvalue weighted by atomic mass is 35.5. The molecule has 3 aromatic rings. The van der Waals surface area contributed by atoms with Gasteiger partial charge in [-0.05, 0) is 30.3 Å². The van der Waals surface area contributed by atoms with E-state index in [-0.39, 0.29) is 37.0 Å². The molecule has 29 heavy (non-hydrogen) atoms. The van der Waals surface area contributed by atoms with Gasteiger partial charge >= 0.3 is 0 Å². The number of aromatic hydroxyl groups is 2. The van der Waals surface area contributed by atoms with Gasteiger partial charge < -0.3 is 10.2 Å². The van der Waals surface area contributed by atoms with Gasteiger partial charge in [-0.15, -0.1) is 0 Å². The topological polar surface area (TPSA) is 94.8 Å². The van der Waals surface area contributed by atoms with Crippen LogP contribution in [0.5, 0.6) is 11.5 Å². The van der Waals surface area contributed by atoms with Crippen LogP contribution < -0.4 is 0 Å². The van der Waals surface area contributed by atoms with Gasteiger partial charge in [-0.25, -0.2) is 0 Å².